The van der Waals surface area contributed by atoms with E-state index >= 15 is 0 Å². The van der Waals surface area contributed by atoms with Crippen molar-refractivity contribution in [2.24, 2.45) is 0 Å². The minimum atomic E-state index is 0.701. The van der Waals surface area contributed by atoms with Crippen molar-refractivity contribution in [3.8, 4) is 0 Å². The van der Waals surface area contributed by atoms with Crippen LogP contribution < -0.4 is 0 Å². The average Bonchev–Trinajstić information content (AvgIpc) is 2.19. The Labute approximate surface area is 89.6 Å². The third kappa shape index (κ3) is 3.28. The summed E-state index contributed by atoms with van der Waals surface area (Å²) in [6.45, 7) is 0. The number of hydrogen-bond acceptors (Lipinski definition) is 2. The van der Waals surface area contributed by atoms with Gasteiger partial charge in [-0.1, -0.05) is 18.2 Å². The molecule has 1 aromatic rings. The molecule has 0 aromatic heterocycles. The fraction of sp³-hybridized carbons (Fsp3) is 0.100. The lowest BCUT2D eigenvalue weighted by atomic mass is 10.3. The van der Waals surface area contributed by atoms with Crippen LogP contribution in [-0.4, -0.2) is 16.5 Å². The maximum Gasteiger partial charge on any atom is 0.210 e. The molecule has 0 saturated carbocycles. The molecule has 0 radical (unpaired) electrons. The molecule has 0 saturated heterocycles. The van der Waals surface area contributed by atoms with Gasteiger partial charge in [-0.3, -0.25) is 0 Å². The van der Waals surface area contributed by atoms with Gasteiger partial charge >= 0.3 is 0 Å². The fourth-order valence-corrected chi connectivity index (χ4v) is 1.33. The monoisotopic (exact) mass is 210 g/mol. The lowest BCUT2D eigenvalue weighted by Crippen LogP contribution is -1.98. The molecule has 0 heterocycles. The zero-order valence-electron chi connectivity index (χ0n) is 7.17. The van der Waals surface area contributed by atoms with Crippen molar-refractivity contribution in [2.45, 2.75) is 0 Å². The second-order valence-corrected chi connectivity index (χ2v) is 3.07. The van der Waals surface area contributed by atoms with Gasteiger partial charge in [0.25, 0.3) is 0 Å². The standard InChI is InChI=1S/C10H11NS2/c12-8-6-11(7-9-13)10-4-2-1-3-5-10/h1-8H,9H2,(H-,12,13)/p+1/b8-6+,11-7?. The summed E-state index contributed by atoms with van der Waals surface area (Å²) in [5.74, 6) is 0.701. The van der Waals surface area contributed by atoms with Crippen molar-refractivity contribution in [3.63, 3.8) is 0 Å². The molecule has 3 heteroatoms. The van der Waals surface area contributed by atoms with E-state index in [0.29, 0.717) is 5.75 Å². The molecule has 0 unspecified atom stereocenters. The van der Waals surface area contributed by atoms with Crippen LogP contribution in [0.3, 0.4) is 0 Å². The summed E-state index contributed by atoms with van der Waals surface area (Å²) in [7, 11) is 0. The molecule has 0 aliphatic carbocycles. The van der Waals surface area contributed by atoms with Crippen LogP contribution >= 0.6 is 25.3 Å². The van der Waals surface area contributed by atoms with E-state index in [1.165, 1.54) is 0 Å². The fourth-order valence-electron chi connectivity index (χ4n) is 1.01. The van der Waals surface area contributed by atoms with Gasteiger partial charge in [0.2, 0.25) is 5.69 Å². The van der Waals surface area contributed by atoms with Crippen LogP contribution in [0.25, 0.3) is 0 Å². The lowest BCUT2D eigenvalue weighted by molar-refractivity contribution is -0.354. The van der Waals surface area contributed by atoms with E-state index in [0.717, 1.165) is 5.69 Å². The molecule has 68 valence electrons. The lowest BCUT2D eigenvalue weighted by Gasteiger charge is -1.94. The van der Waals surface area contributed by atoms with Crippen molar-refractivity contribution in [1.82, 2.24) is 0 Å². The van der Waals surface area contributed by atoms with Crippen LogP contribution in [0.5, 0.6) is 0 Å². The number of nitrogens with zero attached hydrogens (tertiary/aromatic N) is 1. The number of para-hydroxylation sites is 1. The summed E-state index contributed by atoms with van der Waals surface area (Å²) in [5.41, 5.74) is 1.11. The summed E-state index contributed by atoms with van der Waals surface area (Å²) in [6, 6.07) is 10.1. The summed E-state index contributed by atoms with van der Waals surface area (Å²) >= 11 is 8.18. The molecule has 13 heavy (non-hydrogen) atoms. The van der Waals surface area contributed by atoms with E-state index in [1.54, 1.807) is 5.41 Å². The Hall–Kier alpha value is -0.670. The van der Waals surface area contributed by atoms with E-state index in [-0.39, 0.29) is 0 Å². The van der Waals surface area contributed by atoms with Crippen molar-refractivity contribution in [3.05, 3.63) is 41.9 Å². The van der Waals surface area contributed by atoms with Crippen molar-refractivity contribution in [1.29, 1.82) is 0 Å². The third-order valence-corrected chi connectivity index (χ3v) is 1.86. The van der Waals surface area contributed by atoms with Gasteiger partial charge in [-0.05, 0) is 0 Å². The summed E-state index contributed by atoms with van der Waals surface area (Å²) in [6.07, 6.45) is 3.86. The van der Waals surface area contributed by atoms with E-state index in [9.17, 15) is 0 Å². The topological polar surface area (TPSA) is 3.01 Å². The smallest absolute Gasteiger partial charge is 0.170 e. The highest BCUT2D eigenvalue weighted by atomic mass is 32.1. The quantitative estimate of drug-likeness (QED) is 0.429. The normalized spacial score (nSPS) is 12.3. The number of thiol groups is 2. The molecule has 0 aliphatic heterocycles. The molecule has 0 bridgehead atoms. The maximum absolute atomic E-state index is 4.15. The Balaban J connectivity index is 2.96. The number of benzene rings is 1. The van der Waals surface area contributed by atoms with E-state index in [1.807, 2.05) is 47.3 Å². The Morgan fingerprint density at radius 2 is 1.92 bits per heavy atom. The summed E-state index contributed by atoms with van der Waals surface area (Å²) in [5, 5.41) is 1.70. The molecule has 1 nitrogen and oxygen atoms in total. The van der Waals surface area contributed by atoms with Gasteiger partial charge in [0, 0.05) is 17.5 Å². The van der Waals surface area contributed by atoms with Crippen molar-refractivity contribution < 1.29 is 4.58 Å². The predicted octanol–water partition coefficient (Wildman–Crippen LogP) is 2.73. The number of rotatable bonds is 3. The predicted molar refractivity (Wildman–Crippen MR) is 64.4 cm³/mol. The number of hydrogen-bond donors (Lipinski definition) is 2. The molecule has 1 aromatic carbocycles. The van der Waals surface area contributed by atoms with Gasteiger partial charge in [-0.15, -0.1) is 12.6 Å². The minimum Gasteiger partial charge on any atom is -0.170 e. The zero-order valence-corrected chi connectivity index (χ0v) is 8.96. The molecule has 0 spiro atoms. The second-order valence-electron chi connectivity index (χ2n) is 2.41. The molecular weight excluding hydrogens is 198 g/mol. The van der Waals surface area contributed by atoms with E-state index < -0.39 is 0 Å². The Morgan fingerprint density at radius 1 is 1.23 bits per heavy atom. The molecule has 1 rings (SSSR count). The first-order chi connectivity index (χ1) is 6.38. The highest BCUT2D eigenvalue weighted by molar-refractivity contribution is 7.83. The maximum atomic E-state index is 4.15. The molecule has 0 fully saturated rings. The van der Waals surface area contributed by atoms with Crippen molar-refractivity contribution >= 4 is 37.2 Å². The first kappa shape index (κ1) is 10.4. The molecule has 0 aliphatic rings. The summed E-state index contributed by atoms with van der Waals surface area (Å²) < 4.78 is 1.99. The first-order valence-electron chi connectivity index (χ1n) is 3.97. The van der Waals surface area contributed by atoms with Gasteiger partial charge in [0.1, 0.15) is 0 Å². The van der Waals surface area contributed by atoms with Crippen LogP contribution in [0.1, 0.15) is 0 Å². The van der Waals surface area contributed by atoms with Gasteiger partial charge in [0.05, 0.1) is 5.75 Å². The van der Waals surface area contributed by atoms with Crippen LogP contribution in [0, 0.1) is 0 Å². The highest BCUT2D eigenvalue weighted by Gasteiger charge is 2.01. The molecule has 0 amide bonds. The highest BCUT2D eigenvalue weighted by Crippen LogP contribution is 2.10. The van der Waals surface area contributed by atoms with Crippen LogP contribution in [-0.2, 0) is 0 Å². The van der Waals surface area contributed by atoms with Gasteiger partial charge < -0.3 is 0 Å². The minimum absolute atomic E-state index is 0.701. The largest absolute Gasteiger partial charge is 0.210 e. The van der Waals surface area contributed by atoms with Gasteiger partial charge in [-0.25, -0.2) is 0 Å². The zero-order chi connectivity index (χ0) is 9.52. The van der Waals surface area contributed by atoms with Crippen LogP contribution in [0.2, 0.25) is 0 Å². The molecular formula is C10H12NS2+. The Morgan fingerprint density at radius 3 is 2.46 bits per heavy atom. The SMILES string of the molecule is S/C=C/[N+](=CCS)c1ccccc1. The molecule has 0 atom stereocenters. The second kappa shape index (κ2) is 5.89. The Bertz CT molecular complexity index is 304. The van der Waals surface area contributed by atoms with E-state index in [4.69, 9.17) is 0 Å². The first-order valence-corrected chi connectivity index (χ1v) is 5.12. The van der Waals surface area contributed by atoms with E-state index in [2.05, 4.69) is 25.3 Å². The van der Waals surface area contributed by atoms with Gasteiger partial charge in [-0.2, -0.15) is 17.2 Å². The van der Waals surface area contributed by atoms with Crippen molar-refractivity contribution in [2.75, 3.05) is 5.75 Å². The summed E-state index contributed by atoms with van der Waals surface area (Å²) in [4.78, 5) is 0. The third-order valence-electron chi connectivity index (χ3n) is 1.56. The van der Waals surface area contributed by atoms with Gasteiger partial charge in [0.15, 0.2) is 12.4 Å². The van der Waals surface area contributed by atoms with Crippen LogP contribution in [0.4, 0.5) is 5.69 Å². The van der Waals surface area contributed by atoms with Crippen LogP contribution in [0.15, 0.2) is 41.9 Å². The Kier molecular flexibility index (Phi) is 4.72. The molecule has 0 N–H and O–H groups in total. The average molecular weight is 210 g/mol.